The quantitative estimate of drug-likeness (QED) is 0.313. The molecule has 12 nitrogen and oxygen atoms in total. The monoisotopic (exact) mass is 618 g/mol. The largest absolute Gasteiger partial charge is 0.493 e. The molecule has 12 heteroatoms. The highest BCUT2D eigenvalue weighted by Gasteiger charge is 2.43. The van der Waals surface area contributed by atoms with Crippen LogP contribution in [0.1, 0.15) is 53.3 Å². The predicted octanol–water partition coefficient (Wildman–Crippen LogP) is 4.00. The normalized spacial score (nSPS) is 22.1. The van der Waals surface area contributed by atoms with Crippen LogP contribution in [-0.4, -0.2) is 99.1 Å². The third kappa shape index (κ3) is 5.82. The molecule has 238 valence electrons. The number of anilines is 1. The number of unbranched alkanes of at least 4 members (excludes halogenated alkanes) is 2. The molecule has 0 aromatic heterocycles. The molecule has 2 aromatic carbocycles. The molecule has 0 radical (unpaired) electrons. The average Bonchev–Trinajstić information content (AvgIpc) is 3.25. The Bertz CT molecular complexity index is 1570. The number of fused-ring (bicyclic) bond motifs is 4. The molecule has 0 spiro atoms. The number of methoxy groups -OCH3 is 2. The summed E-state index contributed by atoms with van der Waals surface area (Å²) in [5.41, 5.74) is 2.30. The fraction of sp³-hybridized carbons (Fsp3) is 0.455. The minimum atomic E-state index is -0.667. The van der Waals surface area contributed by atoms with E-state index in [0.717, 1.165) is 24.8 Å². The van der Waals surface area contributed by atoms with Gasteiger partial charge in [0.15, 0.2) is 23.0 Å². The second-order valence-electron chi connectivity index (χ2n) is 11.8. The van der Waals surface area contributed by atoms with E-state index in [9.17, 15) is 14.4 Å². The molecule has 3 amide bonds. The van der Waals surface area contributed by atoms with Gasteiger partial charge in [0.05, 0.1) is 68.7 Å². The number of carbonyl (C=O) groups is 3. The van der Waals surface area contributed by atoms with Gasteiger partial charge < -0.3 is 38.8 Å². The SMILES string of the molecule is C=C1CN2C(=O)c3cc(OC)c(OCCCCCOc4cc5c(cc4OC)C(=O)N4CCOCC4C(=O)N5)cc3N=C[C@]2(C)C1. The van der Waals surface area contributed by atoms with Gasteiger partial charge in [-0.3, -0.25) is 19.4 Å². The molecule has 0 saturated carbocycles. The number of nitrogens with one attached hydrogen (secondary N) is 1. The molecule has 6 rings (SSSR count). The van der Waals surface area contributed by atoms with Crippen LogP contribution in [0.4, 0.5) is 11.4 Å². The molecule has 2 atom stereocenters. The van der Waals surface area contributed by atoms with Gasteiger partial charge in [-0.1, -0.05) is 12.2 Å². The number of rotatable bonds is 10. The van der Waals surface area contributed by atoms with E-state index in [4.69, 9.17) is 23.7 Å². The molecule has 0 aliphatic carbocycles. The first-order valence-electron chi connectivity index (χ1n) is 15.2. The zero-order valence-electron chi connectivity index (χ0n) is 25.8. The fourth-order valence-corrected chi connectivity index (χ4v) is 6.23. The van der Waals surface area contributed by atoms with Crippen LogP contribution < -0.4 is 24.3 Å². The van der Waals surface area contributed by atoms with E-state index in [0.29, 0.717) is 84.8 Å². The molecule has 45 heavy (non-hydrogen) atoms. The van der Waals surface area contributed by atoms with E-state index in [2.05, 4.69) is 16.9 Å². The lowest BCUT2D eigenvalue weighted by atomic mass is 9.99. The van der Waals surface area contributed by atoms with E-state index < -0.39 is 11.6 Å². The highest BCUT2D eigenvalue weighted by molar-refractivity contribution is 6.10. The Balaban J connectivity index is 1.03. The van der Waals surface area contributed by atoms with E-state index in [1.807, 2.05) is 18.0 Å². The van der Waals surface area contributed by atoms with Gasteiger partial charge in [0, 0.05) is 31.4 Å². The van der Waals surface area contributed by atoms with Crippen LogP contribution in [0, 0.1) is 0 Å². The number of carbonyl (C=O) groups excluding carboxylic acids is 3. The second-order valence-corrected chi connectivity index (χ2v) is 11.8. The van der Waals surface area contributed by atoms with Gasteiger partial charge in [0.1, 0.15) is 6.04 Å². The standard InChI is InChI=1S/C33H38N4O8/c1-20-16-33(2)19-34-23-14-28(26(41-3)12-21(23)32(40)37(33)17-20)44-9-6-5-7-10-45-29-15-24-22(13-27(29)42-4)31(39)36-8-11-43-18-25(36)30(38)35-24/h12-15,19,25H,1,5-11,16-18H2,2-4H3,(H,35,38)/t25?,33-/m0/s1. The Morgan fingerprint density at radius 1 is 0.956 bits per heavy atom. The number of amides is 3. The lowest BCUT2D eigenvalue weighted by Crippen LogP contribution is -2.52. The van der Waals surface area contributed by atoms with Crippen LogP contribution in [0.15, 0.2) is 41.4 Å². The van der Waals surface area contributed by atoms with E-state index in [1.165, 1.54) is 7.11 Å². The molecule has 1 unspecified atom stereocenters. The Kier molecular flexibility index (Phi) is 8.41. The Morgan fingerprint density at radius 3 is 2.36 bits per heavy atom. The summed E-state index contributed by atoms with van der Waals surface area (Å²) in [7, 11) is 3.07. The molecule has 4 heterocycles. The van der Waals surface area contributed by atoms with Crippen molar-refractivity contribution in [1.29, 1.82) is 0 Å². The van der Waals surface area contributed by atoms with Crippen molar-refractivity contribution < 1.29 is 38.1 Å². The summed E-state index contributed by atoms with van der Waals surface area (Å²) in [6, 6.07) is 6.06. The molecule has 4 aliphatic rings. The van der Waals surface area contributed by atoms with Crippen LogP contribution >= 0.6 is 0 Å². The number of nitrogens with zero attached hydrogens (tertiary/aromatic N) is 3. The van der Waals surface area contributed by atoms with Gasteiger partial charge >= 0.3 is 0 Å². The summed E-state index contributed by atoms with van der Waals surface area (Å²) in [6.45, 7) is 8.32. The third-order valence-electron chi connectivity index (χ3n) is 8.63. The van der Waals surface area contributed by atoms with Gasteiger partial charge in [-0.15, -0.1) is 0 Å². The van der Waals surface area contributed by atoms with Crippen LogP contribution in [0.2, 0.25) is 0 Å². The first-order valence-corrected chi connectivity index (χ1v) is 15.2. The maximum absolute atomic E-state index is 13.4. The van der Waals surface area contributed by atoms with E-state index in [1.54, 1.807) is 36.3 Å². The summed E-state index contributed by atoms with van der Waals surface area (Å²) in [5.74, 6) is 1.24. The third-order valence-corrected chi connectivity index (χ3v) is 8.63. The van der Waals surface area contributed by atoms with Crippen molar-refractivity contribution in [3.8, 4) is 23.0 Å². The summed E-state index contributed by atoms with van der Waals surface area (Å²) >= 11 is 0. The molecule has 4 aliphatic heterocycles. The average molecular weight is 619 g/mol. The van der Waals surface area contributed by atoms with Crippen LogP contribution in [-0.2, 0) is 9.53 Å². The lowest BCUT2D eigenvalue weighted by molar-refractivity contribution is -0.125. The number of morpholine rings is 1. The Morgan fingerprint density at radius 2 is 1.64 bits per heavy atom. The Hall–Kier alpha value is -4.58. The van der Waals surface area contributed by atoms with Crippen LogP contribution in [0.25, 0.3) is 0 Å². The number of aliphatic imine (C=N–C) groups is 1. The molecule has 2 fully saturated rings. The highest BCUT2D eigenvalue weighted by atomic mass is 16.5. The number of ether oxygens (including phenoxy) is 5. The van der Waals surface area contributed by atoms with Gasteiger partial charge in [-0.05, 0) is 44.7 Å². The predicted molar refractivity (Wildman–Crippen MR) is 166 cm³/mol. The summed E-state index contributed by atoms with van der Waals surface area (Å²) in [5, 5.41) is 2.85. The molecule has 0 bridgehead atoms. The van der Waals surface area contributed by atoms with Crippen molar-refractivity contribution >= 4 is 35.3 Å². The maximum Gasteiger partial charge on any atom is 0.257 e. The summed E-state index contributed by atoms with van der Waals surface area (Å²) in [6.07, 6.45) is 4.83. The van der Waals surface area contributed by atoms with Crippen molar-refractivity contribution in [1.82, 2.24) is 9.80 Å². The van der Waals surface area contributed by atoms with Crippen molar-refractivity contribution in [2.24, 2.45) is 4.99 Å². The van der Waals surface area contributed by atoms with E-state index >= 15 is 0 Å². The minimum absolute atomic E-state index is 0.0982. The smallest absolute Gasteiger partial charge is 0.257 e. The number of hydrogen-bond donors (Lipinski definition) is 1. The zero-order chi connectivity index (χ0) is 31.7. The minimum Gasteiger partial charge on any atom is -0.493 e. The number of hydrogen-bond acceptors (Lipinski definition) is 9. The molecule has 1 N–H and O–H groups in total. The van der Waals surface area contributed by atoms with Gasteiger partial charge in [0.25, 0.3) is 11.8 Å². The summed E-state index contributed by atoms with van der Waals surface area (Å²) in [4.78, 5) is 47.4. The lowest BCUT2D eigenvalue weighted by Gasteiger charge is -2.32. The van der Waals surface area contributed by atoms with Crippen molar-refractivity contribution in [2.75, 3.05) is 59.1 Å². The first kappa shape index (κ1) is 30.4. The molecular weight excluding hydrogens is 580 g/mol. The number of benzene rings is 2. The first-order chi connectivity index (χ1) is 21.7. The van der Waals surface area contributed by atoms with Crippen molar-refractivity contribution in [3.63, 3.8) is 0 Å². The van der Waals surface area contributed by atoms with Crippen molar-refractivity contribution in [3.05, 3.63) is 47.5 Å². The molecule has 2 aromatic rings. The van der Waals surface area contributed by atoms with Gasteiger partial charge in [-0.25, -0.2) is 0 Å². The summed E-state index contributed by atoms with van der Waals surface area (Å²) < 4.78 is 28.6. The van der Waals surface area contributed by atoms with Crippen molar-refractivity contribution in [2.45, 2.75) is 44.2 Å². The highest BCUT2D eigenvalue weighted by Crippen LogP contribution is 2.41. The topological polar surface area (TPSA) is 128 Å². The Labute approximate surface area is 261 Å². The molecular formula is C33H38N4O8. The van der Waals surface area contributed by atoms with Crippen LogP contribution in [0.5, 0.6) is 23.0 Å². The van der Waals surface area contributed by atoms with Gasteiger partial charge in [0.2, 0.25) is 5.91 Å². The van der Waals surface area contributed by atoms with E-state index in [-0.39, 0.29) is 24.3 Å². The second kappa shape index (κ2) is 12.4. The fourth-order valence-electron chi connectivity index (χ4n) is 6.23. The molecule has 2 saturated heterocycles. The van der Waals surface area contributed by atoms with Gasteiger partial charge in [-0.2, -0.15) is 0 Å². The maximum atomic E-state index is 13.4. The zero-order valence-corrected chi connectivity index (χ0v) is 25.8. The van der Waals surface area contributed by atoms with Crippen LogP contribution in [0.3, 0.4) is 0 Å².